The summed E-state index contributed by atoms with van der Waals surface area (Å²) in [5.41, 5.74) is 14.2. The first-order valence-electron chi connectivity index (χ1n) is 22.1. The van der Waals surface area contributed by atoms with Gasteiger partial charge >= 0.3 is 0 Å². The van der Waals surface area contributed by atoms with E-state index in [1.54, 1.807) is 0 Å². The quantitative estimate of drug-likeness (QED) is 0.149. The van der Waals surface area contributed by atoms with Crippen LogP contribution in [0.3, 0.4) is 0 Å². The van der Waals surface area contributed by atoms with Gasteiger partial charge in [-0.3, -0.25) is 0 Å². The van der Waals surface area contributed by atoms with Crippen LogP contribution in [-0.2, 0) is 0 Å². The number of fused-ring (bicyclic) bond motifs is 9. The van der Waals surface area contributed by atoms with Gasteiger partial charge < -0.3 is 9.32 Å². The molecule has 11 aromatic carbocycles. The monoisotopic (exact) mass is 845 g/mol. The summed E-state index contributed by atoms with van der Waals surface area (Å²) in [5.74, 6) is 0. The Bertz CT molecular complexity index is 3920. The van der Waals surface area contributed by atoms with E-state index in [1.807, 2.05) is 11.3 Å². The van der Waals surface area contributed by atoms with Gasteiger partial charge in [-0.15, -0.1) is 11.3 Å². The minimum absolute atomic E-state index is 0.851. The van der Waals surface area contributed by atoms with Crippen LogP contribution in [0.25, 0.3) is 108 Å². The molecule has 0 saturated carbocycles. The van der Waals surface area contributed by atoms with Crippen molar-refractivity contribution in [3.63, 3.8) is 0 Å². The lowest BCUT2D eigenvalue weighted by Gasteiger charge is -2.26. The average Bonchev–Trinajstić information content (AvgIpc) is 3.96. The normalized spacial score (nSPS) is 11.7. The molecule has 0 aliphatic rings. The second kappa shape index (κ2) is 15.2. The van der Waals surface area contributed by atoms with Gasteiger partial charge in [0.15, 0.2) is 5.58 Å². The summed E-state index contributed by atoms with van der Waals surface area (Å²) in [6, 6.07) is 85.8. The molecule has 2 heterocycles. The zero-order valence-corrected chi connectivity index (χ0v) is 36.1. The Labute approximate surface area is 380 Å². The van der Waals surface area contributed by atoms with Gasteiger partial charge in [-0.2, -0.15) is 0 Å². The molecule has 304 valence electrons. The van der Waals surface area contributed by atoms with Crippen molar-refractivity contribution in [1.82, 2.24) is 0 Å². The van der Waals surface area contributed by atoms with Crippen LogP contribution in [0.5, 0.6) is 0 Å². The maximum Gasteiger partial charge on any atom is 0.159 e. The standard InChI is InChI=1S/C62H39NOS/c1-2-12-43(13-3-1)50-19-10-20-54-55-21-11-22-58(62(55)64-61(50)54)63(48-35-30-44(31-36-48)56-39-46-14-4-5-15-49(46)51-16-6-7-17-52(51)56)47-33-28-41(29-34-47)40-24-26-42(27-25-40)45-32-37-60-57(38-45)53-18-8-9-23-59(53)65-60/h1-39H. The van der Waals surface area contributed by atoms with Gasteiger partial charge in [0.2, 0.25) is 0 Å². The third kappa shape index (κ3) is 6.31. The number of benzene rings is 11. The summed E-state index contributed by atoms with van der Waals surface area (Å²) in [6.45, 7) is 0. The van der Waals surface area contributed by atoms with Gasteiger partial charge in [-0.1, -0.05) is 182 Å². The summed E-state index contributed by atoms with van der Waals surface area (Å²) < 4.78 is 9.67. The Morgan fingerprint density at radius 1 is 0.292 bits per heavy atom. The largest absolute Gasteiger partial charge is 0.453 e. The number of nitrogens with zero attached hydrogens (tertiary/aromatic N) is 1. The first kappa shape index (κ1) is 37.3. The number of hydrogen-bond donors (Lipinski definition) is 0. The number of rotatable bonds is 7. The first-order chi connectivity index (χ1) is 32.2. The molecule has 13 rings (SSSR count). The van der Waals surface area contributed by atoms with E-state index in [9.17, 15) is 0 Å². The summed E-state index contributed by atoms with van der Waals surface area (Å²) in [7, 11) is 0. The molecule has 3 heteroatoms. The highest BCUT2D eigenvalue weighted by molar-refractivity contribution is 7.25. The van der Waals surface area contributed by atoms with Gasteiger partial charge in [0.25, 0.3) is 0 Å². The number of anilines is 3. The van der Waals surface area contributed by atoms with Crippen molar-refractivity contribution in [2.24, 2.45) is 0 Å². The molecule has 13 aromatic rings. The van der Waals surface area contributed by atoms with Crippen LogP contribution in [0.15, 0.2) is 241 Å². The van der Waals surface area contributed by atoms with Crippen molar-refractivity contribution in [3.8, 4) is 44.5 Å². The fourth-order valence-electron chi connectivity index (χ4n) is 9.90. The molecule has 2 nitrogen and oxygen atoms in total. The lowest BCUT2D eigenvalue weighted by molar-refractivity contribution is 0.670. The SMILES string of the molecule is c1ccc(-c2cccc3c2oc2c(N(c4ccc(-c5ccc(-c6ccc7sc8ccccc8c7c6)cc5)cc4)c4ccc(-c5cc6ccccc6c6ccccc56)cc4)cccc23)cc1. The van der Waals surface area contributed by atoms with Crippen molar-refractivity contribution in [2.45, 2.75) is 0 Å². The zero-order valence-electron chi connectivity index (χ0n) is 35.3. The molecule has 0 N–H and O–H groups in total. The van der Waals surface area contributed by atoms with Gasteiger partial charge in [0.05, 0.1) is 5.69 Å². The van der Waals surface area contributed by atoms with E-state index < -0.39 is 0 Å². The fourth-order valence-corrected chi connectivity index (χ4v) is 11.0. The molecule has 0 aliphatic carbocycles. The molecule has 0 fully saturated rings. The Morgan fingerprint density at radius 2 is 0.815 bits per heavy atom. The van der Waals surface area contributed by atoms with Crippen molar-refractivity contribution in [3.05, 3.63) is 237 Å². The van der Waals surface area contributed by atoms with Crippen LogP contribution in [0.4, 0.5) is 17.1 Å². The van der Waals surface area contributed by atoms with Crippen LogP contribution < -0.4 is 4.90 Å². The molecule has 0 spiro atoms. The Morgan fingerprint density at radius 3 is 1.57 bits per heavy atom. The molecule has 0 radical (unpaired) electrons. The summed E-state index contributed by atoms with van der Waals surface area (Å²) in [6.07, 6.45) is 0. The van der Waals surface area contributed by atoms with E-state index in [2.05, 4.69) is 241 Å². The topological polar surface area (TPSA) is 16.4 Å². The molecular weight excluding hydrogens is 807 g/mol. The van der Waals surface area contributed by atoms with Crippen molar-refractivity contribution < 1.29 is 4.42 Å². The molecule has 2 aromatic heterocycles. The third-order valence-corrected chi connectivity index (χ3v) is 14.2. The second-order valence-corrected chi connectivity index (χ2v) is 17.9. The van der Waals surface area contributed by atoms with Crippen LogP contribution in [0.2, 0.25) is 0 Å². The molecule has 0 unspecified atom stereocenters. The molecule has 0 bridgehead atoms. The van der Waals surface area contributed by atoms with Crippen LogP contribution in [-0.4, -0.2) is 0 Å². The van der Waals surface area contributed by atoms with Crippen LogP contribution in [0, 0.1) is 0 Å². The number of furan rings is 1. The predicted molar refractivity (Wildman–Crippen MR) is 278 cm³/mol. The minimum Gasteiger partial charge on any atom is -0.453 e. The minimum atomic E-state index is 0.851. The maximum absolute atomic E-state index is 7.01. The Hall–Kier alpha value is -8.24. The molecule has 0 atom stereocenters. The Balaban J connectivity index is 0.910. The van der Waals surface area contributed by atoms with Gasteiger partial charge in [0.1, 0.15) is 5.58 Å². The smallest absolute Gasteiger partial charge is 0.159 e. The summed E-state index contributed by atoms with van der Waals surface area (Å²) in [4.78, 5) is 2.34. The van der Waals surface area contributed by atoms with E-state index >= 15 is 0 Å². The molecule has 0 amide bonds. The predicted octanol–water partition coefficient (Wildman–Crippen LogP) is 18.4. The van der Waals surface area contributed by atoms with Gasteiger partial charge in [-0.25, -0.2) is 0 Å². The van der Waals surface area contributed by atoms with Gasteiger partial charge in [-0.05, 0) is 115 Å². The lowest BCUT2D eigenvalue weighted by Crippen LogP contribution is -2.10. The Kier molecular flexibility index (Phi) is 8.75. The molecule has 0 aliphatic heterocycles. The van der Waals surface area contributed by atoms with E-state index in [-0.39, 0.29) is 0 Å². The third-order valence-electron chi connectivity index (χ3n) is 13.1. The van der Waals surface area contributed by atoms with E-state index in [0.717, 1.165) is 55.7 Å². The van der Waals surface area contributed by atoms with Crippen molar-refractivity contribution in [2.75, 3.05) is 4.90 Å². The highest BCUT2D eigenvalue weighted by Gasteiger charge is 2.21. The average molecular weight is 846 g/mol. The van der Waals surface area contributed by atoms with E-state index in [4.69, 9.17) is 4.42 Å². The first-order valence-corrected chi connectivity index (χ1v) is 23.0. The summed E-state index contributed by atoms with van der Waals surface area (Å²) >= 11 is 1.86. The second-order valence-electron chi connectivity index (χ2n) is 16.8. The fraction of sp³-hybridized carbons (Fsp3) is 0. The van der Waals surface area contributed by atoms with Gasteiger partial charge in [0, 0.05) is 47.9 Å². The lowest BCUT2D eigenvalue weighted by atomic mass is 9.93. The maximum atomic E-state index is 7.01. The number of thiophene rings is 1. The molecular formula is C62H39NOS. The molecule has 0 saturated heterocycles. The van der Waals surface area contributed by atoms with Crippen molar-refractivity contribution >= 4 is 92.1 Å². The number of hydrogen-bond acceptors (Lipinski definition) is 3. The highest BCUT2D eigenvalue weighted by atomic mass is 32.1. The van der Waals surface area contributed by atoms with Crippen molar-refractivity contribution in [1.29, 1.82) is 0 Å². The highest BCUT2D eigenvalue weighted by Crippen LogP contribution is 2.45. The van der Waals surface area contributed by atoms with Crippen LogP contribution >= 0.6 is 11.3 Å². The molecule has 65 heavy (non-hydrogen) atoms. The van der Waals surface area contributed by atoms with E-state index in [0.29, 0.717) is 0 Å². The zero-order chi connectivity index (χ0) is 42.8. The van der Waals surface area contributed by atoms with E-state index in [1.165, 1.54) is 69.5 Å². The summed E-state index contributed by atoms with van der Waals surface area (Å²) in [5, 5.41) is 9.85. The van der Waals surface area contributed by atoms with Crippen LogP contribution in [0.1, 0.15) is 0 Å². The number of para-hydroxylation sites is 2.